The Morgan fingerprint density at radius 1 is 0.967 bits per heavy atom. The van der Waals surface area contributed by atoms with Crippen LogP contribution >= 0.6 is 0 Å². The van der Waals surface area contributed by atoms with Gasteiger partial charge in [-0.15, -0.1) is 0 Å². The third-order valence-electron chi connectivity index (χ3n) is 4.70. The van der Waals surface area contributed by atoms with Crippen molar-refractivity contribution >= 4 is 29.4 Å². The van der Waals surface area contributed by atoms with Gasteiger partial charge in [-0.2, -0.15) is 0 Å². The number of esters is 1. The molecular weight excluding hydrogens is 388 g/mol. The number of benzene rings is 2. The summed E-state index contributed by atoms with van der Waals surface area (Å²) in [5.74, 6) is -2.21. The van der Waals surface area contributed by atoms with Crippen molar-refractivity contribution in [3.05, 3.63) is 59.7 Å². The van der Waals surface area contributed by atoms with Gasteiger partial charge in [0.1, 0.15) is 11.8 Å². The molecule has 1 atom stereocenters. The van der Waals surface area contributed by atoms with E-state index in [4.69, 9.17) is 9.47 Å². The molecule has 1 heterocycles. The van der Waals surface area contributed by atoms with Gasteiger partial charge in [0, 0.05) is 5.69 Å². The van der Waals surface area contributed by atoms with Crippen LogP contribution in [0.2, 0.25) is 0 Å². The van der Waals surface area contributed by atoms with Gasteiger partial charge in [0.05, 0.1) is 18.2 Å². The van der Waals surface area contributed by atoms with Crippen LogP contribution in [-0.4, -0.2) is 48.3 Å². The molecule has 1 aliphatic heterocycles. The van der Waals surface area contributed by atoms with Crippen molar-refractivity contribution in [2.45, 2.75) is 19.9 Å². The number of rotatable bonds is 7. The molecule has 0 fully saturated rings. The highest BCUT2D eigenvalue weighted by atomic mass is 16.5. The third-order valence-corrected chi connectivity index (χ3v) is 4.70. The lowest BCUT2D eigenvalue weighted by Crippen LogP contribution is -2.49. The molecule has 2 aromatic carbocycles. The number of fused-ring (bicyclic) bond motifs is 1. The molecule has 30 heavy (non-hydrogen) atoms. The van der Waals surface area contributed by atoms with Crippen LogP contribution in [0.5, 0.6) is 5.75 Å². The van der Waals surface area contributed by atoms with Crippen molar-refractivity contribution < 1.29 is 28.7 Å². The van der Waals surface area contributed by atoms with Crippen molar-refractivity contribution in [2.24, 2.45) is 5.92 Å². The fourth-order valence-corrected chi connectivity index (χ4v) is 3.23. The maximum atomic E-state index is 12.7. The number of hydrogen-bond acceptors (Lipinski definition) is 6. The summed E-state index contributed by atoms with van der Waals surface area (Å²) < 4.78 is 10.2. The summed E-state index contributed by atoms with van der Waals surface area (Å²) in [5, 5.41) is 2.60. The van der Waals surface area contributed by atoms with E-state index in [1.807, 2.05) is 0 Å². The zero-order valence-corrected chi connectivity index (χ0v) is 16.9. The quantitative estimate of drug-likeness (QED) is 0.556. The highest BCUT2D eigenvalue weighted by molar-refractivity contribution is 6.22. The number of amides is 3. The lowest BCUT2D eigenvalue weighted by atomic mass is 10.0. The normalized spacial score (nSPS) is 13.8. The van der Waals surface area contributed by atoms with Crippen molar-refractivity contribution in [1.82, 2.24) is 4.90 Å². The predicted octanol–water partition coefficient (Wildman–Crippen LogP) is 2.50. The molecule has 0 radical (unpaired) electrons. The molecule has 3 rings (SSSR count). The Morgan fingerprint density at radius 2 is 1.53 bits per heavy atom. The highest BCUT2D eigenvalue weighted by Crippen LogP contribution is 2.27. The SMILES string of the molecule is COc1ccc(NC(=O)COC(=O)C(C(C)C)N2C(=O)c3ccccc3C2=O)cc1. The van der Waals surface area contributed by atoms with Gasteiger partial charge in [-0.3, -0.25) is 19.3 Å². The summed E-state index contributed by atoms with van der Waals surface area (Å²) in [6, 6.07) is 11.9. The van der Waals surface area contributed by atoms with Gasteiger partial charge >= 0.3 is 5.97 Å². The van der Waals surface area contributed by atoms with Crippen molar-refractivity contribution in [3.8, 4) is 5.75 Å². The molecule has 3 amide bonds. The summed E-state index contributed by atoms with van der Waals surface area (Å²) in [7, 11) is 1.53. The number of carbonyl (C=O) groups is 4. The van der Waals surface area contributed by atoms with Gasteiger partial charge in [0.15, 0.2) is 6.61 Å². The fraction of sp³-hybridized carbons (Fsp3) is 0.273. The number of nitrogens with zero attached hydrogens (tertiary/aromatic N) is 1. The van der Waals surface area contributed by atoms with Gasteiger partial charge < -0.3 is 14.8 Å². The first-order valence-electron chi connectivity index (χ1n) is 9.41. The van der Waals surface area contributed by atoms with Crippen LogP contribution in [0.4, 0.5) is 5.69 Å². The molecule has 2 aromatic rings. The third kappa shape index (κ3) is 4.17. The highest BCUT2D eigenvalue weighted by Gasteiger charge is 2.44. The van der Waals surface area contributed by atoms with E-state index in [-0.39, 0.29) is 11.1 Å². The second-order valence-electron chi connectivity index (χ2n) is 7.10. The average molecular weight is 410 g/mol. The Hall–Kier alpha value is -3.68. The monoisotopic (exact) mass is 410 g/mol. The van der Waals surface area contributed by atoms with Crippen LogP contribution in [0.25, 0.3) is 0 Å². The van der Waals surface area contributed by atoms with E-state index in [2.05, 4.69) is 5.32 Å². The first kappa shape index (κ1) is 21.0. The summed E-state index contributed by atoms with van der Waals surface area (Å²) >= 11 is 0. The topological polar surface area (TPSA) is 102 Å². The molecule has 8 nitrogen and oxygen atoms in total. The first-order valence-corrected chi connectivity index (χ1v) is 9.41. The predicted molar refractivity (Wildman–Crippen MR) is 108 cm³/mol. The molecule has 156 valence electrons. The number of ether oxygens (including phenoxy) is 2. The smallest absolute Gasteiger partial charge is 0.330 e. The molecule has 1 aliphatic rings. The molecule has 0 saturated heterocycles. The molecule has 8 heteroatoms. The van der Waals surface area contributed by atoms with Crippen LogP contribution in [0.15, 0.2) is 48.5 Å². The standard InChI is InChI=1S/C22H22N2O6/c1-13(2)19(24-20(26)16-6-4-5-7-17(16)21(24)27)22(28)30-12-18(25)23-14-8-10-15(29-3)11-9-14/h4-11,13,19H,12H2,1-3H3,(H,23,25). The Kier molecular flexibility index (Phi) is 6.15. The van der Waals surface area contributed by atoms with Gasteiger partial charge in [-0.05, 0) is 42.3 Å². The van der Waals surface area contributed by atoms with Gasteiger partial charge in [-0.1, -0.05) is 26.0 Å². The van der Waals surface area contributed by atoms with Crippen molar-refractivity contribution in [2.75, 3.05) is 19.0 Å². The maximum Gasteiger partial charge on any atom is 0.330 e. The van der Waals surface area contributed by atoms with Gasteiger partial charge in [0.25, 0.3) is 17.7 Å². The minimum Gasteiger partial charge on any atom is -0.497 e. The summed E-state index contributed by atoms with van der Waals surface area (Å²) in [6.07, 6.45) is 0. The number of imide groups is 1. The molecule has 0 saturated carbocycles. The Bertz CT molecular complexity index is 948. The molecule has 0 bridgehead atoms. The minimum absolute atomic E-state index is 0.248. The summed E-state index contributed by atoms with van der Waals surface area (Å²) in [6.45, 7) is 2.86. The fourth-order valence-electron chi connectivity index (χ4n) is 3.23. The molecule has 0 aliphatic carbocycles. The molecule has 1 unspecified atom stereocenters. The zero-order valence-electron chi connectivity index (χ0n) is 16.9. The van der Waals surface area contributed by atoms with Gasteiger partial charge in [0.2, 0.25) is 0 Å². The maximum absolute atomic E-state index is 12.7. The lowest BCUT2D eigenvalue weighted by molar-refractivity contribution is -0.152. The average Bonchev–Trinajstić information content (AvgIpc) is 2.98. The van der Waals surface area contributed by atoms with Crippen LogP contribution in [0.3, 0.4) is 0 Å². The van der Waals surface area contributed by atoms with Crippen LogP contribution in [-0.2, 0) is 14.3 Å². The second-order valence-corrected chi connectivity index (χ2v) is 7.10. The van der Waals surface area contributed by atoms with Crippen LogP contribution in [0, 0.1) is 5.92 Å². The second kappa shape index (κ2) is 8.77. The lowest BCUT2D eigenvalue weighted by Gasteiger charge is -2.27. The Labute approximate surface area is 173 Å². The number of hydrogen-bond donors (Lipinski definition) is 1. The largest absolute Gasteiger partial charge is 0.497 e. The molecule has 0 spiro atoms. The van der Waals surface area contributed by atoms with E-state index >= 15 is 0 Å². The molecular formula is C22H22N2O6. The summed E-state index contributed by atoms with van der Waals surface area (Å²) in [5.41, 5.74) is 1.01. The Balaban J connectivity index is 1.65. The van der Waals surface area contributed by atoms with Crippen LogP contribution < -0.4 is 10.1 Å². The number of carbonyl (C=O) groups excluding carboxylic acids is 4. The van der Waals surface area contributed by atoms with E-state index < -0.39 is 42.3 Å². The van der Waals surface area contributed by atoms with Crippen molar-refractivity contribution in [1.29, 1.82) is 0 Å². The number of anilines is 1. The van der Waals surface area contributed by atoms with E-state index in [0.29, 0.717) is 11.4 Å². The van der Waals surface area contributed by atoms with E-state index in [1.54, 1.807) is 62.4 Å². The minimum atomic E-state index is -1.13. The number of nitrogens with one attached hydrogen (secondary N) is 1. The number of methoxy groups -OCH3 is 1. The van der Waals surface area contributed by atoms with Crippen LogP contribution in [0.1, 0.15) is 34.6 Å². The van der Waals surface area contributed by atoms with Crippen molar-refractivity contribution in [3.63, 3.8) is 0 Å². The van der Waals surface area contributed by atoms with E-state index in [0.717, 1.165) is 4.90 Å². The zero-order chi connectivity index (χ0) is 21.8. The Morgan fingerprint density at radius 3 is 2.03 bits per heavy atom. The van der Waals surface area contributed by atoms with E-state index in [9.17, 15) is 19.2 Å². The van der Waals surface area contributed by atoms with Gasteiger partial charge in [-0.25, -0.2) is 4.79 Å². The first-order chi connectivity index (χ1) is 14.3. The summed E-state index contributed by atoms with van der Waals surface area (Å²) in [4.78, 5) is 51.1. The molecule has 0 aromatic heterocycles. The molecule has 1 N–H and O–H groups in total. The van der Waals surface area contributed by atoms with E-state index in [1.165, 1.54) is 7.11 Å².